The largest absolute Gasteiger partial charge is 0.573 e. The summed E-state index contributed by atoms with van der Waals surface area (Å²) in [5, 5.41) is 7.48. The van der Waals surface area contributed by atoms with Gasteiger partial charge in [0.1, 0.15) is 5.75 Å². The van der Waals surface area contributed by atoms with E-state index in [1.54, 1.807) is 30.8 Å². The van der Waals surface area contributed by atoms with Gasteiger partial charge >= 0.3 is 17.7 Å². The second-order valence-corrected chi connectivity index (χ2v) is 15.0. The summed E-state index contributed by atoms with van der Waals surface area (Å²) in [5.74, 6) is 0.874. The number of alkyl halides is 3. The minimum absolute atomic E-state index is 0.190. The normalized spacial score (nSPS) is 14.9. The Morgan fingerprint density at radius 3 is 1.47 bits per heavy atom. The topological polar surface area (TPSA) is 163 Å². The smallest absolute Gasteiger partial charge is 0.406 e. The number of ether oxygens (including phenoxy) is 1. The summed E-state index contributed by atoms with van der Waals surface area (Å²) in [5.41, 5.74) is 1.10. The lowest BCUT2D eigenvalue weighted by atomic mass is 10.2. The highest BCUT2D eigenvalue weighted by atomic mass is 35.5. The first-order valence-corrected chi connectivity index (χ1v) is 19.3. The predicted octanol–water partition coefficient (Wildman–Crippen LogP) is 1.99. The van der Waals surface area contributed by atoms with E-state index in [1.165, 1.54) is 47.5 Å². The van der Waals surface area contributed by atoms with E-state index in [9.17, 15) is 32.3 Å². The highest BCUT2D eigenvalue weighted by Crippen LogP contribution is 2.27. The molecule has 2 saturated heterocycles. The second kappa shape index (κ2) is 16.6. The van der Waals surface area contributed by atoms with Crippen LogP contribution < -0.4 is 47.7 Å². The van der Waals surface area contributed by atoms with Gasteiger partial charge < -0.3 is 25.2 Å². The first kappa shape index (κ1) is 41.6. The zero-order valence-electron chi connectivity index (χ0n) is 32.5. The van der Waals surface area contributed by atoms with Gasteiger partial charge in [-0.25, -0.2) is 9.59 Å². The Bertz CT molecular complexity index is 2780. The van der Waals surface area contributed by atoms with Crippen LogP contribution in [0.15, 0.2) is 61.6 Å². The lowest BCUT2D eigenvalue weighted by Gasteiger charge is -2.28. The average molecular weight is 862 g/mol. The summed E-state index contributed by atoms with van der Waals surface area (Å²) in [7, 11) is 6.05. The standard InChI is InChI=1S/C19H21F3N6O3.C18H20Cl2N6O2/c1-25-15-14(16(29)26(2)18(25)30)28(17(24-15)27-9-7-23-8-10-27)11-12-3-5-13(6-4-12)31-19(20,21)22;1-23-15-14(16(27)24(2)18(23)28)26(10-11-3-4-12(19)13(20)9-11)17(22-15)25-7-5-21-6-8-25/h3-6,23H,7-11H2,1-2H3;3-4,9,21H,5-8,10H2,1-2H3. The second-order valence-electron chi connectivity index (χ2n) is 14.2. The summed E-state index contributed by atoms with van der Waals surface area (Å²) < 4.78 is 49.6. The van der Waals surface area contributed by atoms with Gasteiger partial charge in [-0.3, -0.25) is 37.0 Å². The van der Waals surface area contributed by atoms with Crippen LogP contribution in [0.1, 0.15) is 11.1 Å². The molecule has 0 aliphatic carbocycles. The SMILES string of the molecule is Cn1c(=O)c2c(nc(N3CCNCC3)n2Cc2ccc(Cl)c(Cl)c2)n(C)c1=O.Cn1c(=O)c2c(nc(N3CCNCC3)n2Cc2ccc(OC(F)(F)F)cc2)n(C)c1=O. The number of piperazine rings is 2. The number of rotatable bonds is 7. The molecule has 6 aromatic rings. The molecule has 6 heterocycles. The van der Waals surface area contributed by atoms with Gasteiger partial charge in [-0.2, -0.15) is 9.97 Å². The van der Waals surface area contributed by atoms with Crippen LogP contribution >= 0.6 is 23.2 Å². The maximum Gasteiger partial charge on any atom is 0.573 e. The zero-order chi connectivity index (χ0) is 42.3. The Kier molecular flexibility index (Phi) is 11.7. The highest BCUT2D eigenvalue weighted by Gasteiger charge is 2.31. The quantitative estimate of drug-likeness (QED) is 0.242. The number of hydrogen-bond acceptors (Lipinski definition) is 11. The first-order valence-electron chi connectivity index (χ1n) is 18.6. The average Bonchev–Trinajstić information content (AvgIpc) is 3.79. The maximum absolute atomic E-state index is 12.9. The minimum atomic E-state index is -4.77. The van der Waals surface area contributed by atoms with Gasteiger partial charge in [0.25, 0.3) is 11.1 Å². The van der Waals surface area contributed by atoms with Gasteiger partial charge in [0.2, 0.25) is 11.9 Å². The number of nitrogens with one attached hydrogen (secondary N) is 2. The van der Waals surface area contributed by atoms with E-state index in [2.05, 4.69) is 30.2 Å². The molecule has 0 atom stereocenters. The monoisotopic (exact) mass is 860 g/mol. The Balaban J connectivity index is 0.000000180. The summed E-state index contributed by atoms with van der Waals surface area (Å²) >= 11 is 12.2. The van der Waals surface area contributed by atoms with E-state index in [0.29, 0.717) is 58.3 Å². The summed E-state index contributed by atoms with van der Waals surface area (Å²) in [6.45, 7) is 6.56. The van der Waals surface area contributed by atoms with Crippen molar-refractivity contribution in [1.82, 2.24) is 48.0 Å². The van der Waals surface area contributed by atoms with Crippen molar-refractivity contribution in [3.63, 3.8) is 0 Å². The molecule has 4 aromatic heterocycles. The third kappa shape index (κ3) is 8.34. The van der Waals surface area contributed by atoms with Gasteiger partial charge in [0.15, 0.2) is 22.3 Å². The van der Waals surface area contributed by atoms with E-state index in [1.807, 2.05) is 15.5 Å². The number of imidazole rings is 2. The number of fused-ring (bicyclic) bond motifs is 2. The van der Waals surface area contributed by atoms with Gasteiger partial charge in [-0.05, 0) is 35.4 Å². The number of hydrogen-bond donors (Lipinski definition) is 2. The van der Waals surface area contributed by atoms with Crippen molar-refractivity contribution in [2.75, 3.05) is 62.2 Å². The van der Waals surface area contributed by atoms with E-state index in [4.69, 9.17) is 23.2 Å². The molecule has 8 rings (SSSR count). The van der Waals surface area contributed by atoms with Crippen LogP contribution in [0.5, 0.6) is 5.75 Å². The number of nitrogens with zero attached hydrogens (tertiary/aromatic N) is 10. The zero-order valence-corrected chi connectivity index (χ0v) is 34.0. The van der Waals surface area contributed by atoms with Crippen LogP contribution in [0.4, 0.5) is 25.1 Å². The Morgan fingerprint density at radius 1 is 0.627 bits per heavy atom. The molecule has 2 aliphatic rings. The molecule has 0 radical (unpaired) electrons. The third-order valence-corrected chi connectivity index (χ3v) is 11.0. The number of anilines is 2. The summed E-state index contributed by atoms with van der Waals surface area (Å²) in [6, 6.07) is 10.8. The lowest BCUT2D eigenvalue weighted by molar-refractivity contribution is -0.274. The molecule has 0 unspecified atom stereocenters. The van der Waals surface area contributed by atoms with Crippen molar-refractivity contribution in [2.45, 2.75) is 19.5 Å². The van der Waals surface area contributed by atoms with Gasteiger partial charge in [-0.15, -0.1) is 13.2 Å². The predicted molar refractivity (Wildman–Crippen MR) is 218 cm³/mol. The van der Waals surface area contributed by atoms with Crippen LogP contribution in [-0.2, 0) is 41.3 Å². The van der Waals surface area contributed by atoms with Crippen molar-refractivity contribution in [3.8, 4) is 5.75 Å². The fourth-order valence-corrected chi connectivity index (χ4v) is 7.50. The van der Waals surface area contributed by atoms with Crippen LogP contribution in [0.2, 0.25) is 10.0 Å². The van der Waals surface area contributed by atoms with E-state index >= 15 is 0 Å². The minimum Gasteiger partial charge on any atom is -0.406 e. The lowest BCUT2D eigenvalue weighted by Crippen LogP contribution is -2.44. The van der Waals surface area contributed by atoms with E-state index < -0.39 is 23.3 Å². The van der Waals surface area contributed by atoms with Crippen LogP contribution in [-0.4, -0.2) is 96.1 Å². The van der Waals surface area contributed by atoms with E-state index in [0.717, 1.165) is 54.0 Å². The van der Waals surface area contributed by atoms with Crippen molar-refractivity contribution >= 4 is 57.4 Å². The molecule has 0 spiro atoms. The highest BCUT2D eigenvalue weighted by molar-refractivity contribution is 6.42. The molecule has 2 aromatic carbocycles. The molecule has 0 saturated carbocycles. The van der Waals surface area contributed by atoms with Gasteiger partial charge in [0, 0.05) is 80.5 Å². The van der Waals surface area contributed by atoms with Gasteiger partial charge in [0.05, 0.1) is 23.1 Å². The van der Waals surface area contributed by atoms with Crippen molar-refractivity contribution in [3.05, 3.63) is 105 Å². The maximum atomic E-state index is 12.9. The Hall–Kier alpha value is -5.57. The molecular formula is C37H41Cl2F3N12O5. The van der Waals surface area contributed by atoms with E-state index in [-0.39, 0.29) is 29.0 Å². The number of aryl methyl sites for hydroxylation is 2. The van der Waals surface area contributed by atoms with Crippen molar-refractivity contribution in [2.24, 2.45) is 28.2 Å². The van der Waals surface area contributed by atoms with Crippen LogP contribution in [0.3, 0.4) is 0 Å². The molecule has 2 fully saturated rings. The van der Waals surface area contributed by atoms with Crippen molar-refractivity contribution in [1.29, 1.82) is 0 Å². The fourth-order valence-electron chi connectivity index (χ4n) is 7.18. The molecular weight excluding hydrogens is 820 g/mol. The number of benzene rings is 2. The third-order valence-electron chi connectivity index (χ3n) is 10.3. The number of aromatic nitrogens is 8. The molecule has 17 nitrogen and oxygen atoms in total. The molecule has 0 bridgehead atoms. The summed E-state index contributed by atoms with van der Waals surface area (Å²) in [6.07, 6.45) is -4.77. The van der Waals surface area contributed by atoms with Crippen LogP contribution in [0, 0.1) is 0 Å². The molecule has 0 amide bonds. The Labute approximate surface area is 343 Å². The Morgan fingerprint density at radius 2 is 1.05 bits per heavy atom. The number of halogens is 5. The van der Waals surface area contributed by atoms with Crippen molar-refractivity contribution < 1.29 is 17.9 Å². The summed E-state index contributed by atoms with van der Waals surface area (Å²) in [4.78, 5) is 64.0. The molecule has 314 valence electrons. The molecule has 59 heavy (non-hydrogen) atoms. The molecule has 22 heteroatoms. The van der Waals surface area contributed by atoms with Gasteiger partial charge in [-0.1, -0.05) is 41.4 Å². The molecule has 2 N–H and O–H groups in total. The van der Waals surface area contributed by atoms with Crippen LogP contribution in [0.25, 0.3) is 22.3 Å². The molecule has 2 aliphatic heterocycles. The first-order chi connectivity index (χ1) is 28.0. The fraction of sp³-hybridized carbons (Fsp3) is 0.405.